The minimum Gasteiger partial charge on any atom is -0.468 e. The summed E-state index contributed by atoms with van der Waals surface area (Å²) in [4.78, 5) is 15.5. The molecule has 0 aliphatic heterocycles. The average Bonchev–Trinajstić information content (AvgIpc) is 2.45. The fraction of sp³-hybridized carbons (Fsp3) is 0.143. The number of rotatable bonds is 5. The van der Waals surface area contributed by atoms with E-state index in [0.717, 1.165) is 5.56 Å². The van der Waals surface area contributed by atoms with E-state index in [9.17, 15) is 4.79 Å². The fourth-order valence-electron chi connectivity index (χ4n) is 1.42. The zero-order valence-corrected chi connectivity index (χ0v) is 9.87. The van der Waals surface area contributed by atoms with Crippen molar-refractivity contribution in [3.63, 3.8) is 0 Å². The lowest BCUT2D eigenvalue weighted by atomic mass is 10.2. The van der Waals surface area contributed by atoms with Crippen molar-refractivity contribution < 1.29 is 9.53 Å². The molecule has 18 heavy (non-hydrogen) atoms. The monoisotopic (exact) mass is 242 g/mol. The number of nitrogens with one attached hydrogen (secondary N) is 1. The van der Waals surface area contributed by atoms with Crippen LogP contribution in [0.5, 0.6) is 5.88 Å². The Hall–Kier alpha value is -2.36. The summed E-state index contributed by atoms with van der Waals surface area (Å²) in [7, 11) is 0. The van der Waals surface area contributed by atoms with E-state index in [0.29, 0.717) is 12.4 Å². The molecule has 0 unspecified atom stereocenters. The van der Waals surface area contributed by atoms with Crippen molar-refractivity contribution in [2.24, 2.45) is 0 Å². The molecule has 4 nitrogen and oxygen atoms in total. The number of hydrogen-bond donors (Lipinski definition) is 1. The van der Waals surface area contributed by atoms with Gasteiger partial charge in [0.15, 0.2) is 6.61 Å². The molecule has 4 heteroatoms. The maximum Gasteiger partial charge on any atom is 0.258 e. The van der Waals surface area contributed by atoms with E-state index in [1.165, 1.54) is 0 Å². The predicted molar refractivity (Wildman–Crippen MR) is 68.0 cm³/mol. The van der Waals surface area contributed by atoms with Crippen LogP contribution in [0.15, 0.2) is 54.7 Å². The fourth-order valence-corrected chi connectivity index (χ4v) is 1.42. The van der Waals surface area contributed by atoms with Gasteiger partial charge >= 0.3 is 0 Å². The quantitative estimate of drug-likeness (QED) is 0.869. The Morgan fingerprint density at radius 1 is 1.11 bits per heavy atom. The third-order valence-corrected chi connectivity index (χ3v) is 2.32. The van der Waals surface area contributed by atoms with Gasteiger partial charge < -0.3 is 10.1 Å². The lowest BCUT2D eigenvalue weighted by Gasteiger charge is -2.06. The van der Waals surface area contributed by atoms with Crippen LogP contribution < -0.4 is 10.1 Å². The van der Waals surface area contributed by atoms with Gasteiger partial charge in [-0.3, -0.25) is 4.79 Å². The van der Waals surface area contributed by atoms with Crippen LogP contribution in [0.3, 0.4) is 0 Å². The van der Waals surface area contributed by atoms with Crippen LogP contribution in [0.25, 0.3) is 0 Å². The zero-order valence-electron chi connectivity index (χ0n) is 9.87. The Labute approximate surface area is 106 Å². The molecule has 0 saturated carbocycles. The first kappa shape index (κ1) is 12.1. The smallest absolute Gasteiger partial charge is 0.258 e. The summed E-state index contributed by atoms with van der Waals surface area (Å²) in [6, 6.07) is 15.0. The zero-order chi connectivity index (χ0) is 12.6. The summed E-state index contributed by atoms with van der Waals surface area (Å²) < 4.78 is 5.23. The molecule has 0 atom stereocenters. The van der Waals surface area contributed by atoms with Gasteiger partial charge in [-0.1, -0.05) is 36.4 Å². The molecule has 1 N–H and O–H groups in total. The van der Waals surface area contributed by atoms with Gasteiger partial charge in [-0.05, 0) is 11.6 Å². The van der Waals surface area contributed by atoms with Crippen molar-refractivity contribution in [1.29, 1.82) is 0 Å². The van der Waals surface area contributed by atoms with Crippen LogP contribution in [0.1, 0.15) is 5.56 Å². The van der Waals surface area contributed by atoms with Gasteiger partial charge in [0.05, 0.1) is 0 Å². The molecule has 1 heterocycles. The standard InChI is InChI=1S/C14H14N2O2/c17-13(11-18-14-8-4-5-9-15-14)16-10-12-6-2-1-3-7-12/h1-9H,10-11H2,(H,16,17). The van der Waals surface area contributed by atoms with E-state index >= 15 is 0 Å². The first-order chi connectivity index (χ1) is 8.84. The van der Waals surface area contributed by atoms with Gasteiger partial charge in [0.1, 0.15) is 0 Å². The molecular weight excluding hydrogens is 228 g/mol. The summed E-state index contributed by atoms with van der Waals surface area (Å²) >= 11 is 0. The molecule has 0 fully saturated rings. The summed E-state index contributed by atoms with van der Waals surface area (Å²) in [5.41, 5.74) is 1.06. The SMILES string of the molecule is O=C(COc1ccccn1)NCc1ccccc1. The van der Waals surface area contributed by atoms with Crippen molar-refractivity contribution in [2.75, 3.05) is 6.61 Å². The van der Waals surface area contributed by atoms with Gasteiger partial charge in [-0.15, -0.1) is 0 Å². The molecular formula is C14H14N2O2. The largest absolute Gasteiger partial charge is 0.468 e. The number of nitrogens with zero attached hydrogens (tertiary/aromatic N) is 1. The van der Waals surface area contributed by atoms with Gasteiger partial charge in [0, 0.05) is 18.8 Å². The van der Waals surface area contributed by atoms with Crippen LogP contribution in [0.2, 0.25) is 0 Å². The second-order valence-electron chi connectivity index (χ2n) is 3.72. The minimum absolute atomic E-state index is 0.0240. The predicted octanol–water partition coefficient (Wildman–Crippen LogP) is 1.78. The third-order valence-electron chi connectivity index (χ3n) is 2.32. The highest BCUT2D eigenvalue weighted by Gasteiger charge is 2.02. The maximum atomic E-state index is 11.5. The number of carbonyl (C=O) groups excluding carboxylic acids is 1. The maximum absolute atomic E-state index is 11.5. The van der Waals surface area contributed by atoms with Crippen molar-refractivity contribution in [3.8, 4) is 5.88 Å². The second-order valence-corrected chi connectivity index (χ2v) is 3.72. The number of aromatic nitrogens is 1. The first-order valence-corrected chi connectivity index (χ1v) is 5.69. The van der Waals surface area contributed by atoms with Crippen LogP contribution in [0.4, 0.5) is 0 Å². The molecule has 0 aliphatic carbocycles. The van der Waals surface area contributed by atoms with Crippen LogP contribution >= 0.6 is 0 Å². The molecule has 0 bridgehead atoms. The van der Waals surface area contributed by atoms with Crippen molar-refractivity contribution in [3.05, 3.63) is 60.3 Å². The van der Waals surface area contributed by atoms with E-state index in [1.54, 1.807) is 18.3 Å². The topological polar surface area (TPSA) is 51.2 Å². The first-order valence-electron chi connectivity index (χ1n) is 5.69. The number of amides is 1. The molecule has 1 amide bonds. The van der Waals surface area contributed by atoms with Gasteiger partial charge in [-0.25, -0.2) is 4.98 Å². The van der Waals surface area contributed by atoms with E-state index < -0.39 is 0 Å². The van der Waals surface area contributed by atoms with Crippen molar-refractivity contribution in [1.82, 2.24) is 10.3 Å². The number of carbonyl (C=O) groups is 1. The lowest BCUT2D eigenvalue weighted by Crippen LogP contribution is -2.28. The highest BCUT2D eigenvalue weighted by atomic mass is 16.5. The highest BCUT2D eigenvalue weighted by molar-refractivity contribution is 5.77. The Morgan fingerprint density at radius 3 is 2.61 bits per heavy atom. The summed E-state index contributed by atoms with van der Waals surface area (Å²) in [6.45, 7) is 0.481. The van der Waals surface area contributed by atoms with Crippen molar-refractivity contribution >= 4 is 5.91 Å². The van der Waals surface area contributed by atoms with E-state index in [-0.39, 0.29) is 12.5 Å². The summed E-state index contributed by atoms with van der Waals surface area (Å²) in [6.07, 6.45) is 1.62. The number of benzene rings is 1. The van der Waals surface area contributed by atoms with Gasteiger partial charge in [0.2, 0.25) is 5.88 Å². The average molecular weight is 242 g/mol. The van der Waals surface area contributed by atoms with E-state index in [1.807, 2.05) is 36.4 Å². The van der Waals surface area contributed by atoms with Crippen LogP contribution in [-0.4, -0.2) is 17.5 Å². The minimum atomic E-state index is -0.162. The van der Waals surface area contributed by atoms with Crippen LogP contribution in [0, 0.1) is 0 Å². The van der Waals surface area contributed by atoms with Crippen molar-refractivity contribution in [2.45, 2.75) is 6.54 Å². The molecule has 1 aromatic carbocycles. The summed E-state index contributed by atoms with van der Waals surface area (Å²) in [5.74, 6) is 0.289. The molecule has 0 saturated heterocycles. The third kappa shape index (κ3) is 3.90. The Kier molecular flexibility index (Phi) is 4.30. The van der Waals surface area contributed by atoms with Gasteiger partial charge in [-0.2, -0.15) is 0 Å². The van der Waals surface area contributed by atoms with E-state index in [2.05, 4.69) is 10.3 Å². The Bertz CT molecular complexity index is 440. The second kappa shape index (κ2) is 6.39. The lowest BCUT2D eigenvalue weighted by molar-refractivity contribution is -0.123. The van der Waals surface area contributed by atoms with E-state index in [4.69, 9.17) is 4.74 Å². The highest BCUT2D eigenvalue weighted by Crippen LogP contribution is 2.02. The molecule has 2 aromatic rings. The Balaban J connectivity index is 1.73. The molecule has 0 aliphatic rings. The summed E-state index contributed by atoms with van der Waals surface area (Å²) in [5, 5.41) is 2.78. The van der Waals surface area contributed by atoms with Gasteiger partial charge in [0.25, 0.3) is 5.91 Å². The molecule has 1 aromatic heterocycles. The Morgan fingerprint density at radius 2 is 1.89 bits per heavy atom. The molecule has 92 valence electrons. The molecule has 0 spiro atoms. The molecule has 0 radical (unpaired) electrons. The number of pyridine rings is 1. The molecule has 2 rings (SSSR count). The normalized spacial score (nSPS) is 9.78. The van der Waals surface area contributed by atoms with Crippen LogP contribution in [-0.2, 0) is 11.3 Å². The number of ether oxygens (including phenoxy) is 1. The number of hydrogen-bond acceptors (Lipinski definition) is 3.